The molecule has 0 amide bonds. The number of alkyl halides is 3. The summed E-state index contributed by atoms with van der Waals surface area (Å²) in [5.74, 6) is 0.510. The minimum absolute atomic E-state index is 0.0862. The minimum Gasteiger partial charge on any atom is -0.497 e. The molecule has 2 rings (SSSR count). The highest BCUT2D eigenvalue weighted by atomic mass is 19.4. The number of methoxy groups -OCH3 is 1. The van der Waals surface area contributed by atoms with Crippen molar-refractivity contribution in [2.75, 3.05) is 7.11 Å². The number of nitrogens with zero attached hydrogens (tertiary/aromatic N) is 1. The van der Waals surface area contributed by atoms with E-state index in [9.17, 15) is 18.3 Å². The molecule has 1 unspecified atom stereocenters. The van der Waals surface area contributed by atoms with Crippen LogP contribution < -0.4 is 4.74 Å². The number of aliphatic hydroxyl groups excluding tert-OH is 1. The molecule has 22 heavy (non-hydrogen) atoms. The lowest BCUT2D eigenvalue weighted by atomic mass is 10.0. The van der Waals surface area contributed by atoms with Gasteiger partial charge in [0.2, 0.25) is 0 Å². The third-order valence-corrected chi connectivity index (χ3v) is 2.99. The average molecular weight is 309 g/mol. The molecule has 0 saturated heterocycles. The van der Waals surface area contributed by atoms with Crippen molar-refractivity contribution >= 4 is 11.4 Å². The molecule has 1 atom stereocenters. The van der Waals surface area contributed by atoms with Gasteiger partial charge in [-0.2, -0.15) is 13.2 Å². The van der Waals surface area contributed by atoms with Crippen LogP contribution in [0.15, 0.2) is 59.6 Å². The Bertz CT molecular complexity index is 637. The van der Waals surface area contributed by atoms with Crippen LogP contribution in [0.3, 0.4) is 0 Å². The first kappa shape index (κ1) is 16.0. The lowest BCUT2D eigenvalue weighted by Crippen LogP contribution is -2.29. The average Bonchev–Trinajstić information content (AvgIpc) is 2.52. The van der Waals surface area contributed by atoms with Crippen molar-refractivity contribution in [2.45, 2.75) is 12.3 Å². The van der Waals surface area contributed by atoms with Crippen LogP contribution in [0, 0.1) is 0 Å². The molecule has 0 bridgehead atoms. The number of rotatable bonds is 4. The fourth-order valence-corrected chi connectivity index (χ4v) is 1.87. The van der Waals surface area contributed by atoms with E-state index in [0.29, 0.717) is 5.75 Å². The second-order valence-corrected chi connectivity index (χ2v) is 4.51. The van der Waals surface area contributed by atoms with Gasteiger partial charge in [-0.3, -0.25) is 0 Å². The highest BCUT2D eigenvalue weighted by Crippen LogP contribution is 2.30. The molecule has 0 aliphatic heterocycles. The first-order chi connectivity index (χ1) is 10.4. The van der Waals surface area contributed by atoms with Crippen molar-refractivity contribution in [2.24, 2.45) is 4.99 Å². The topological polar surface area (TPSA) is 41.8 Å². The van der Waals surface area contributed by atoms with Crippen LogP contribution in [0.1, 0.15) is 11.7 Å². The Kier molecular flexibility index (Phi) is 4.82. The van der Waals surface area contributed by atoms with E-state index < -0.39 is 18.0 Å². The van der Waals surface area contributed by atoms with Gasteiger partial charge in [-0.25, -0.2) is 4.99 Å². The van der Waals surface area contributed by atoms with E-state index in [4.69, 9.17) is 4.74 Å². The number of halogens is 3. The normalized spacial score (nSPS) is 13.8. The van der Waals surface area contributed by atoms with E-state index in [1.807, 2.05) is 0 Å². The summed E-state index contributed by atoms with van der Waals surface area (Å²) in [5.41, 5.74) is -1.04. The van der Waals surface area contributed by atoms with E-state index in [-0.39, 0.29) is 11.3 Å². The zero-order chi connectivity index (χ0) is 16.2. The summed E-state index contributed by atoms with van der Waals surface area (Å²) in [7, 11) is 1.46. The molecule has 0 aliphatic carbocycles. The first-order valence-corrected chi connectivity index (χ1v) is 6.44. The van der Waals surface area contributed by atoms with E-state index >= 15 is 0 Å². The van der Waals surface area contributed by atoms with Crippen molar-refractivity contribution in [3.63, 3.8) is 0 Å². The molecule has 0 heterocycles. The Morgan fingerprint density at radius 3 is 2.14 bits per heavy atom. The SMILES string of the molecule is COc1ccc(N=C(C(O)c2ccccc2)C(F)(F)F)cc1. The second-order valence-electron chi connectivity index (χ2n) is 4.51. The molecule has 0 aliphatic rings. The highest BCUT2D eigenvalue weighted by molar-refractivity contribution is 5.96. The molecule has 1 N–H and O–H groups in total. The van der Waals surface area contributed by atoms with Crippen molar-refractivity contribution in [1.82, 2.24) is 0 Å². The van der Waals surface area contributed by atoms with E-state index in [2.05, 4.69) is 4.99 Å². The van der Waals surface area contributed by atoms with E-state index in [1.165, 1.54) is 43.5 Å². The maximum atomic E-state index is 13.2. The van der Waals surface area contributed by atoms with Crippen molar-refractivity contribution in [3.8, 4) is 5.75 Å². The monoisotopic (exact) mass is 309 g/mol. The van der Waals surface area contributed by atoms with Gasteiger partial charge < -0.3 is 9.84 Å². The van der Waals surface area contributed by atoms with Gasteiger partial charge >= 0.3 is 6.18 Å². The molecule has 0 aromatic heterocycles. The summed E-state index contributed by atoms with van der Waals surface area (Å²) >= 11 is 0. The largest absolute Gasteiger partial charge is 0.497 e. The molecule has 0 saturated carbocycles. The van der Waals surface area contributed by atoms with E-state index in [1.54, 1.807) is 18.2 Å². The van der Waals surface area contributed by atoms with Crippen LogP contribution in [0.25, 0.3) is 0 Å². The van der Waals surface area contributed by atoms with Crippen LogP contribution in [0.2, 0.25) is 0 Å². The van der Waals surface area contributed by atoms with Gasteiger partial charge in [0.05, 0.1) is 12.8 Å². The quantitative estimate of drug-likeness (QED) is 0.865. The smallest absolute Gasteiger partial charge is 0.432 e. The molecule has 0 spiro atoms. The van der Waals surface area contributed by atoms with Crippen molar-refractivity contribution < 1.29 is 23.0 Å². The van der Waals surface area contributed by atoms with Gasteiger partial charge in [-0.05, 0) is 29.8 Å². The summed E-state index contributed by atoms with van der Waals surface area (Å²) in [6.45, 7) is 0. The third kappa shape index (κ3) is 3.85. The molecule has 2 aromatic carbocycles. The number of benzene rings is 2. The summed E-state index contributed by atoms with van der Waals surface area (Å²) in [6, 6.07) is 13.4. The Balaban J connectivity index is 2.39. The van der Waals surface area contributed by atoms with Gasteiger partial charge in [-0.1, -0.05) is 30.3 Å². The van der Waals surface area contributed by atoms with Gasteiger partial charge in [0, 0.05) is 0 Å². The lowest BCUT2D eigenvalue weighted by Gasteiger charge is -2.17. The number of hydrogen-bond donors (Lipinski definition) is 1. The summed E-state index contributed by atoms with van der Waals surface area (Å²) in [6.07, 6.45) is -6.59. The maximum absolute atomic E-state index is 13.2. The Labute approximate surface area is 125 Å². The molecule has 0 fully saturated rings. The molecule has 6 heteroatoms. The van der Waals surface area contributed by atoms with Crippen LogP contribution in [0.4, 0.5) is 18.9 Å². The predicted molar refractivity (Wildman–Crippen MR) is 77.5 cm³/mol. The number of aliphatic imine (C=N–C) groups is 1. The Morgan fingerprint density at radius 1 is 1.05 bits per heavy atom. The summed E-state index contributed by atoms with van der Waals surface area (Å²) < 4.78 is 44.5. The third-order valence-electron chi connectivity index (χ3n) is 2.99. The van der Waals surface area contributed by atoms with Crippen LogP contribution in [-0.2, 0) is 0 Å². The van der Waals surface area contributed by atoms with Gasteiger partial charge in [0.1, 0.15) is 11.9 Å². The van der Waals surface area contributed by atoms with Crippen LogP contribution >= 0.6 is 0 Å². The fraction of sp³-hybridized carbons (Fsp3) is 0.188. The zero-order valence-electron chi connectivity index (χ0n) is 11.7. The summed E-state index contributed by atoms with van der Waals surface area (Å²) in [4.78, 5) is 3.57. The predicted octanol–water partition coefficient (Wildman–Crippen LogP) is 4.06. The van der Waals surface area contributed by atoms with Crippen molar-refractivity contribution in [3.05, 3.63) is 60.2 Å². The molecule has 0 radical (unpaired) electrons. The Hall–Kier alpha value is -2.34. The number of hydrogen-bond acceptors (Lipinski definition) is 3. The molecule has 116 valence electrons. The molecule has 3 nitrogen and oxygen atoms in total. The maximum Gasteiger partial charge on any atom is 0.432 e. The van der Waals surface area contributed by atoms with Crippen molar-refractivity contribution in [1.29, 1.82) is 0 Å². The van der Waals surface area contributed by atoms with Crippen LogP contribution in [0.5, 0.6) is 5.75 Å². The minimum atomic E-state index is -4.74. The number of ether oxygens (including phenoxy) is 1. The fourth-order valence-electron chi connectivity index (χ4n) is 1.87. The van der Waals surface area contributed by atoms with E-state index in [0.717, 1.165) is 0 Å². The van der Waals surface area contributed by atoms with Crippen LogP contribution in [-0.4, -0.2) is 24.1 Å². The second kappa shape index (κ2) is 6.62. The summed E-state index contributed by atoms with van der Waals surface area (Å²) in [5, 5.41) is 10.0. The van der Waals surface area contributed by atoms with Gasteiger partial charge in [0.25, 0.3) is 0 Å². The van der Waals surface area contributed by atoms with Gasteiger partial charge in [-0.15, -0.1) is 0 Å². The molecular weight excluding hydrogens is 295 g/mol. The molecule has 2 aromatic rings. The zero-order valence-corrected chi connectivity index (χ0v) is 11.7. The highest BCUT2D eigenvalue weighted by Gasteiger charge is 2.40. The standard InChI is InChI=1S/C16H14F3NO2/c1-22-13-9-7-12(8-10-13)20-15(16(17,18)19)14(21)11-5-3-2-4-6-11/h2-10,14,21H,1H3. The Morgan fingerprint density at radius 2 is 1.64 bits per heavy atom. The molecular formula is C16H14F3NO2. The lowest BCUT2D eigenvalue weighted by molar-refractivity contribution is -0.0664. The van der Waals surface area contributed by atoms with Gasteiger partial charge in [0.15, 0.2) is 5.71 Å². The first-order valence-electron chi connectivity index (χ1n) is 6.44. The number of aliphatic hydroxyl groups is 1.